The predicted octanol–water partition coefficient (Wildman–Crippen LogP) is 3.13. The smallest absolute Gasteiger partial charge is 0.120 e. The van der Waals surface area contributed by atoms with Crippen LogP contribution in [0.15, 0.2) is 35.9 Å². The third-order valence-corrected chi connectivity index (χ3v) is 1.60. The molecule has 0 fully saturated rings. The summed E-state index contributed by atoms with van der Waals surface area (Å²) in [6, 6.07) is 7.91. The van der Waals surface area contributed by atoms with Crippen molar-refractivity contribution >= 4 is 11.6 Å². The maximum atomic E-state index is 5.36. The lowest BCUT2D eigenvalue weighted by Crippen LogP contribution is -1.92. The fraction of sp³-hybridized carbons (Fsp3) is 0.200. The fourth-order valence-corrected chi connectivity index (χ4v) is 0.959. The molecule has 0 unspecified atom stereocenters. The summed E-state index contributed by atoms with van der Waals surface area (Å²) in [4.78, 5) is 0. The van der Waals surface area contributed by atoms with Crippen LogP contribution < -0.4 is 4.74 Å². The van der Waals surface area contributed by atoms with Gasteiger partial charge in [0.15, 0.2) is 0 Å². The molecule has 64 valence electrons. The van der Waals surface area contributed by atoms with E-state index < -0.39 is 0 Å². The Hall–Kier alpha value is -0.950. The predicted molar refractivity (Wildman–Crippen MR) is 51.7 cm³/mol. The maximum absolute atomic E-state index is 5.36. The molecule has 0 atom stereocenters. The largest absolute Gasteiger partial charge is 0.489 e. The molecule has 0 N–H and O–H groups in total. The van der Waals surface area contributed by atoms with Gasteiger partial charge in [-0.1, -0.05) is 23.7 Å². The van der Waals surface area contributed by atoms with E-state index in [0.717, 1.165) is 5.75 Å². The van der Waals surface area contributed by atoms with Gasteiger partial charge in [-0.3, -0.25) is 0 Å². The zero-order valence-electron chi connectivity index (χ0n) is 6.96. The zero-order chi connectivity index (χ0) is 8.81. The second-order valence-corrected chi connectivity index (χ2v) is 2.74. The lowest BCUT2D eigenvalue weighted by molar-refractivity contribution is 0.363. The highest BCUT2D eigenvalue weighted by Gasteiger charge is 1.90. The van der Waals surface area contributed by atoms with Gasteiger partial charge in [-0.05, 0) is 30.7 Å². The third kappa shape index (κ3) is 2.97. The average molecular weight is 183 g/mol. The number of ether oxygens (including phenoxy) is 1. The molecule has 0 radical (unpaired) electrons. The Morgan fingerprint density at radius 1 is 1.50 bits per heavy atom. The van der Waals surface area contributed by atoms with Crippen LogP contribution in [0.4, 0.5) is 0 Å². The van der Waals surface area contributed by atoms with E-state index in [4.69, 9.17) is 16.3 Å². The van der Waals surface area contributed by atoms with Gasteiger partial charge < -0.3 is 4.74 Å². The summed E-state index contributed by atoms with van der Waals surface area (Å²) in [5.74, 6) is 0.879. The van der Waals surface area contributed by atoms with Crippen molar-refractivity contribution in [3.63, 3.8) is 0 Å². The summed E-state index contributed by atoms with van der Waals surface area (Å²) in [5.41, 5.74) is 2.65. The number of hydrogen-bond donors (Lipinski definition) is 0. The molecule has 1 aromatic carbocycles. The molecule has 0 saturated heterocycles. The number of hydrogen-bond acceptors (Lipinski definition) is 1. The normalized spacial score (nSPS) is 10.5. The highest BCUT2D eigenvalue weighted by atomic mass is 35.5. The standard InChI is InChI=1S/C10H11ClO/c1-9-4-2-5-10(8-9)12-7-3-6-11/h2-6,8H,7H2,1H3/b6-3+. The molecule has 0 saturated carbocycles. The lowest BCUT2D eigenvalue weighted by atomic mass is 10.2. The fourth-order valence-electron chi connectivity index (χ4n) is 0.886. The van der Waals surface area contributed by atoms with Crippen molar-refractivity contribution in [3.8, 4) is 5.75 Å². The third-order valence-electron chi connectivity index (χ3n) is 1.42. The first-order valence-electron chi connectivity index (χ1n) is 3.77. The molecular weight excluding hydrogens is 172 g/mol. The van der Waals surface area contributed by atoms with E-state index in [2.05, 4.69) is 0 Å². The topological polar surface area (TPSA) is 9.23 Å². The summed E-state index contributed by atoms with van der Waals surface area (Å²) >= 11 is 5.34. The second kappa shape index (κ2) is 4.83. The van der Waals surface area contributed by atoms with Gasteiger partial charge in [0.25, 0.3) is 0 Å². The van der Waals surface area contributed by atoms with Crippen LogP contribution in [0.3, 0.4) is 0 Å². The molecule has 0 aliphatic heterocycles. The van der Waals surface area contributed by atoms with Crippen molar-refractivity contribution in [3.05, 3.63) is 41.4 Å². The molecule has 0 aromatic heterocycles. The van der Waals surface area contributed by atoms with Crippen molar-refractivity contribution < 1.29 is 4.74 Å². The van der Waals surface area contributed by atoms with Gasteiger partial charge in [0.05, 0.1) is 0 Å². The van der Waals surface area contributed by atoms with E-state index >= 15 is 0 Å². The van der Waals surface area contributed by atoms with Crippen LogP contribution in [0.2, 0.25) is 0 Å². The van der Waals surface area contributed by atoms with E-state index in [1.54, 1.807) is 6.08 Å². The Kier molecular flexibility index (Phi) is 3.68. The summed E-state index contributed by atoms with van der Waals surface area (Å²) in [7, 11) is 0. The van der Waals surface area contributed by atoms with Crippen molar-refractivity contribution in [2.75, 3.05) is 6.61 Å². The van der Waals surface area contributed by atoms with Gasteiger partial charge in [0.2, 0.25) is 0 Å². The zero-order valence-corrected chi connectivity index (χ0v) is 7.71. The summed E-state index contributed by atoms with van der Waals surface area (Å²) < 4.78 is 5.36. The van der Waals surface area contributed by atoms with Crippen LogP contribution in [-0.4, -0.2) is 6.61 Å². The highest BCUT2D eigenvalue weighted by Crippen LogP contribution is 2.11. The van der Waals surface area contributed by atoms with Gasteiger partial charge in [0, 0.05) is 5.54 Å². The Labute approximate surface area is 77.6 Å². The average Bonchev–Trinajstić information content (AvgIpc) is 2.05. The molecule has 1 nitrogen and oxygen atoms in total. The number of aryl methyl sites for hydroxylation is 1. The minimum absolute atomic E-state index is 0.521. The van der Waals surface area contributed by atoms with Gasteiger partial charge in [-0.2, -0.15) is 0 Å². The minimum atomic E-state index is 0.521. The van der Waals surface area contributed by atoms with Crippen LogP contribution in [-0.2, 0) is 0 Å². The Morgan fingerprint density at radius 3 is 3.00 bits per heavy atom. The molecular formula is C10H11ClO. The molecule has 0 spiro atoms. The molecule has 1 rings (SSSR count). The van der Waals surface area contributed by atoms with Gasteiger partial charge >= 0.3 is 0 Å². The molecule has 0 heterocycles. The second-order valence-electron chi connectivity index (χ2n) is 2.49. The first-order valence-corrected chi connectivity index (χ1v) is 4.21. The van der Waals surface area contributed by atoms with Gasteiger partial charge in [-0.25, -0.2) is 0 Å². The van der Waals surface area contributed by atoms with Crippen LogP contribution in [0.1, 0.15) is 5.56 Å². The van der Waals surface area contributed by atoms with E-state index in [9.17, 15) is 0 Å². The maximum Gasteiger partial charge on any atom is 0.120 e. The summed E-state index contributed by atoms with van der Waals surface area (Å²) in [6.07, 6.45) is 1.75. The quantitative estimate of drug-likeness (QED) is 0.698. The number of benzene rings is 1. The molecule has 1 aromatic rings. The monoisotopic (exact) mass is 182 g/mol. The van der Waals surface area contributed by atoms with E-state index in [-0.39, 0.29) is 0 Å². The van der Waals surface area contributed by atoms with E-state index in [1.807, 2.05) is 31.2 Å². The van der Waals surface area contributed by atoms with Crippen LogP contribution in [0.25, 0.3) is 0 Å². The molecule has 0 aliphatic rings. The van der Waals surface area contributed by atoms with E-state index in [1.165, 1.54) is 11.1 Å². The summed E-state index contributed by atoms with van der Waals surface area (Å²) in [6.45, 7) is 2.55. The Bertz CT molecular complexity index is 268. The van der Waals surface area contributed by atoms with Crippen molar-refractivity contribution in [2.45, 2.75) is 6.92 Å². The van der Waals surface area contributed by atoms with E-state index in [0.29, 0.717) is 6.61 Å². The first kappa shape index (κ1) is 9.14. The summed E-state index contributed by atoms with van der Waals surface area (Å²) in [5, 5.41) is 0. The van der Waals surface area contributed by atoms with Crippen LogP contribution in [0, 0.1) is 6.92 Å². The van der Waals surface area contributed by atoms with Crippen molar-refractivity contribution in [1.29, 1.82) is 0 Å². The van der Waals surface area contributed by atoms with Gasteiger partial charge in [-0.15, -0.1) is 0 Å². The molecule has 0 amide bonds. The van der Waals surface area contributed by atoms with Crippen molar-refractivity contribution in [2.24, 2.45) is 0 Å². The minimum Gasteiger partial charge on any atom is -0.489 e. The molecule has 0 aliphatic carbocycles. The Balaban J connectivity index is 2.52. The Morgan fingerprint density at radius 2 is 2.33 bits per heavy atom. The highest BCUT2D eigenvalue weighted by molar-refractivity contribution is 6.25. The SMILES string of the molecule is Cc1cccc(OC/C=C/Cl)c1. The van der Waals surface area contributed by atoms with Crippen LogP contribution in [0.5, 0.6) is 5.75 Å². The number of rotatable bonds is 3. The molecule has 0 bridgehead atoms. The lowest BCUT2D eigenvalue weighted by Gasteiger charge is -2.02. The van der Waals surface area contributed by atoms with Gasteiger partial charge in [0.1, 0.15) is 12.4 Å². The molecule has 12 heavy (non-hydrogen) atoms. The van der Waals surface area contributed by atoms with Crippen LogP contribution >= 0.6 is 11.6 Å². The first-order chi connectivity index (χ1) is 5.83. The molecule has 2 heteroatoms. The number of halogens is 1. The van der Waals surface area contributed by atoms with Crippen molar-refractivity contribution in [1.82, 2.24) is 0 Å².